The lowest BCUT2D eigenvalue weighted by Crippen LogP contribution is -2.19. The third kappa shape index (κ3) is 14.0. The van der Waals surface area contributed by atoms with Crippen LogP contribution >= 0.6 is 0 Å². The fourth-order valence-corrected chi connectivity index (χ4v) is 0.897. The van der Waals surface area contributed by atoms with Gasteiger partial charge in [-0.2, -0.15) is 0 Å². The van der Waals surface area contributed by atoms with Gasteiger partial charge in [0.2, 0.25) is 0 Å². The van der Waals surface area contributed by atoms with E-state index in [1.165, 1.54) is 0 Å². The summed E-state index contributed by atoms with van der Waals surface area (Å²) in [6.07, 6.45) is 2.09. The monoisotopic (exact) mass is 318 g/mol. The van der Waals surface area contributed by atoms with Gasteiger partial charge in [-0.15, -0.1) is 0 Å². The third-order valence-electron chi connectivity index (χ3n) is 1.65. The lowest BCUT2D eigenvalue weighted by Gasteiger charge is -1.99. The van der Waals surface area contributed by atoms with Gasteiger partial charge in [0.15, 0.2) is 0 Å². The molecular formula is C14H22O8. The van der Waals surface area contributed by atoms with E-state index in [4.69, 9.17) is 0 Å². The van der Waals surface area contributed by atoms with Crippen molar-refractivity contribution in [2.75, 3.05) is 26.4 Å². The van der Waals surface area contributed by atoms with Crippen molar-refractivity contribution < 1.29 is 38.1 Å². The summed E-state index contributed by atoms with van der Waals surface area (Å²) >= 11 is 0. The molecule has 0 rings (SSSR count). The van der Waals surface area contributed by atoms with Crippen LogP contribution in [0.5, 0.6) is 0 Å². The van der Waals surface area contributed by atoms with E-state index < -0.39 is 23.9 Å². The Labute approximate surface area is 129 Å². The van der Waals surface area contributed by atoms with Crippen molar-refractivity contribution in [2.24, 2.45) is 0 Å². The summed E-state index contributed by atoms with van der Waals surface area (Å²) in [7, 11) is 0. The number of hydrogen-bond donors (Lipinski definition) is 0. The van der Waals surface area contributed by atoms with Crippen LogP contribution in [0.1, 0.15) is 27.7 Å². The van der Waals surface area contributed by atoms with Gasteiger partial charge in [0.1, 0.15) is 0 Å². The zero-order chi connectivity index (χ0) is 17.4. The summed E-state index contributed by atoms with van der Waals surface area (Å²) < 4.78 is 17.8. The van der Waals surface area contributed by atoms with Gasteiger partial charge in [0, 0.05) is 12.2 Å². The van der Waals surface area contributed by atoms with Crippen LogP contribution in [-0.4, -0.2) is 50.3 Å². The quantitative estimate of drug-likeness (QED) is 0.306. The Balaban J connectivity index is 0. The van der Waals surface area contributed by atoms with E-state index in [0.717, 1.165) is 12.2 Å². The number of ether oxygens (including phenoxy) is 4. The van der Waals surface area contributed by atoms with Crippen LogP contribution in [0.4, 0.5) is 0 Å². The topological polar surface area (TPSA) is 105 Å². The van der Waals surface area contributed by atoms with Crippen molar-refractivity contribution in [3.05, 3.63) is 12.2 Å². The molecule has 0 aromatic carbocycles. The molecule has 22 heavy (non-hydrogen) atoms. The fourth-order valence-electron chi connectivity index (χ4n) is 0.897. The number of hydrogen-bond acceptors (Lipinski definition) is 8. The van der Waals surface area contributed by atoms with Gasteiger partial charge in [0.05, 0.1) is 26.4 Å². The Hall–Kier alpha value is -2.38. The van der Waals surface area contributed by atoms with Gasteiger partial charge < -0.3 is 18.9 Å². The molecule has 0 atom stereocenters. The van der Waals surface area contributed by atoms with E-state index in [1.54, 1.807) is 27.7 Å². The molecule has 0 aliphatic heterocycles. The molecule has 0 unspecified atom stereocenters. The van der Waals surface area contributed by atoms with E-state index >= 15 is 0 Å². The van der Waals surface area contributed by atoms with Crippen molar-refractivity contribution in [1.29, 1.82) is 0 Å². The molecule has 0 amide bonds. The zero-order valence-corrected chi connectivity index (χ0v) is 13.2. The number of carbonyl (C=O) groups excluding carboxylic acids is 4. The Kier molecular flexibility index (Phi) is 15.0. The molecule has 0 saturated heterocycles. The molecule has 0 aromatic rings. The van der Waals surface area contributed by atoms with Crippen LogP contribution in [0.15, 0.2) is 12.2 Å². The standard InChI is InChI=1S/C8H12O4.C6H10O4/c1-3-11-7(9)5-6-8(10)12-4-2;1-3-9-5(7)6(8)10-4-2/h5-6H,3-4H2,1-2H3;3-4H2,1-2H3/b6-5-;. The van der Waals surface area contributed by atoms with Crippen molar-refractivity contribution in [3.8, 4) is 0 Å². The maximum absolute atomic E-state index is 10.6. The molecule has 0 saturated carbocycles. The molecule has 0 heterocycles. The van der Waals surface area contributed by atoms with Crippen molar-refractivity contribution in [2.45, 2.75) is 27.7 Å². The minimum Gasteiger partial charge on any atom is -0.463 e. The Bertz CT molecular complexity index is 350. The lowest BCUT2D eigenvalue weighted by atomic mass is 10.5. The van der Waals surface area contributed by atoms with E-state index in [-0.39, 0.29) is 13.2 Å². The van der Waals surface area contributed by atoms with Gasteiger partial charge in [-0.1, -0.05) is 0 Å². The van der Waals surface area contributed by atoms with Crippen LogP contribution < -0.4 is 0 Å². The molecule has 0 aromatic heterocycles. The Morgan fingerprint density at radius 3 is 1.09 bits per heavy atom. The summed E-state index contributed by atoms with van der Waals surface area (Å²) in [4.78, 5) is 42.1. The summed E-state index contributed by atoms with van der Waals surface area (Å²) in [5.74, 6) is -2.93. The highest BCUT2D eigenvalue weighted by molar-refractivity contribution is 6.29. The first-order valence-electron chi connectivity index (χ1n) is 6.78. The largest absolute Gasteiger partial charge is 0.463 e. The van der Waals surface area contributed by atoms with Crippen LogP contribution in [0.25, 0.3) is 0 Å². The molecule has 0 N–H and O–H groups in total. The van der Waals surface area contributed by atoms with Crippen molar-refractivity contribution >= 4 is 23.9 Å². The highest BCUT2D eigenvalue weighted by atomic mass is 16.6. The average molecular weight is 318 g/mol. The molecule has 0 aliphatic carbocycles. The second-order valence-corrected chi connectivity index (χ2v) is 3.28. The molecular weight excluding hydrogens is 296 g/mol. The average Bonchev–Trinajstić information content (AvgIpc) is 2.47. The summed E-state index contributed by atoms with van der Waals surface area (Å²) in [6, 6.07) is 0. The Morgan fingerprint density at radius 1 is 0.591 bits per heavy atom. The van der Waals surface area contributed by atoms with Gasteiger partial charge in [0.25, 0.3) is 0 Å². The van der Waals surface area contributed by atoms with E-state index in [1.807, 2.05) is 0 Å². The molecule has 0 spiro atoms. The number of esters is 4. The first-order chi connectivity index (χ1) is 10.4. The highest BCUT2D eigenvalue weighted by Crippen LogP contribution is 1.84. The number of carbonyl (C=O) groups is 4. The van der Waals surface area contributed by atoms with Crippen molar-refractivity contribution in [3.63, 3.8) is 0 Å². The predicted octanol–water partition coefficient (Wildman–Crippen LogP) is 0.781. The Morgan fingerprint density at radius 2 is 0.864 bits per heavy atom. The van der Waals surface area contributed by atoms with E-state index in [2.05, 4.69) is 18.9 Å². The maximum atomic E-state index is 10.6. The second-order valence-electron chi connectivity index (χ2n) is 3.28. The highest BCUT2D eigenvalue weighted by Gasteiger charge is 2.14. The second kappa shape index (κ2) is 15.0. The predicted molar refractivity (Wildman–Crippen MR) is 75.7 cm³/mol. The molecule has 0 radical (unpaired) electrons. The molecule has 0 bridgehead atoms. The van der Waals surface area contributed by atoms with E-state index in [9.17, 15) is 19.2 Å². The van der Waals surface area contributed by atoms with Crippen molar-refractivity contribution in [1.82, 2.24) is 0 Å². The number of rotatable bonds is 6. The lowest BCUT2D eigenvalue weighted by molar-refractivity contribution is -0.167. The minimum absolute atomic E-state index is 0.192. The van der Waals surface area contributed by atoms with Gasteiger partial charge in [-0.05, 0) is 27.7 Å². The normalized spacial score (nSPS) is 9.27. The van der Waals surface area contributed by atoms with Crippen LogP contribution in [0, 0.1) is 0 Å². The maximum Gasteiger partial charge on any atom is 0.417 e. The minimum atomic E-state index is -0.927. The molecule has 0 fully saturated rings. The summed E-state index contributed by atoms with van der Waals surface area (Å²) in [5, 5.41) is 0. The third-order valence-corrected chi connectivity index (χ3v) is 1.65. The van der Waals surface area contributed by atoms with Crippen LogP contribution in [0.3, 0.4) is 0 Å². The summed E-state index contributed by atoms with van der Waals surface area (Å²) in [5.41, 5.74) is 0. The van der Waals surface area contributed by atoms with E-state index in [0.29, 0.717) is 13.2 Å². The smallest absolute Gasteiger partial charge is 0.417 e. The molecule has 8 nitrogen and oxygen atoms in total. The first kappa shape index (κ1) is 21.9. The van der Waals surface area contributed by atoms with Gasteiger partial charge in [-0.3, -0.25) is 0 Å². The van der Waals surface area contributed by atoms with Gasteiger partial charge >= 0.3 is 23.9 Å². The zero-order valence-electron chi connectivity index (χ0n) is 13.2. The fraction of sp³-hybridized carbons (Fsp3) is 0.571. The SMILES string of the molecule is CCOC(=O)/C=C\C(=O)OCC.CCOC(=O)C(=O)OCC. The van der Waals surface area contributed by atoms with Crippen LogP contribution in [-0.2, 0) is 38.1 Å². The molecule has 0 aliphatic rings. The summed E-state index contributed by atoms with van der Waals surface area (Å²) in [6.45, 7) is 7.60. The van der Waals surface area contributed by atoms with Crippen LogP contribution in [0.2, 0.25) is 0 Å². The molecule has 126 valence electrons. The molecule has 8 heteroatoms. The first-order valence-corrected chi connectivity index (χ1v) is 6.78. The van der Waals surface area contributed by atoms with Gasteiger partial charge in [-0.25, -0.2) is 19.2 Å².